The van der Waals surface area contributed by atoms with Crippen LogP contribution in [0, 0.1) is 18.6 Å². The molecule has 0 fully saturated rings. The molecule has 2 aromatic carbocycles. The summed E-state index contributed by atoms with van der Waals surface area (Å²) in [7, 11) is 0. The van der Waals surface area contributed by atoms with Gasteiger partial charge in [-0.25, -0.2) is 0 Å². The fourth-order valence-electron chi connectivity index (χ4n) is 3.20. The van der Waals surface area contributed by atoms with Gasteiger partial charge in [0.05, 0.1) is 24.2 Å². The van der Waals surface area contributed by atoms with E-state index in [1.54, 1.807) is 18.4 Å². The van der Waals surface area contributed by atoms with Crippen LogP contribution >= 0.6 is 12.2 Å². The van der Waals surface area contributed by atoms with E-state index in [-0.39, 0.29) is 22.8 Å². The Morgan fingerprint density at radius 3 is 2.10 bits per heavy atom. The lowest BCUT2D eigenvalue weighted by Crippen LogP contribution is -2.27. The molecule has 0 saturated carbocycles. The molecule has 0 bridgehead atoms. The predicted molar refractivity (Wildman–Crippen MR) is 123 cm³/mol. The molecule has 0 atom stereocenters. The molecule has 0 aliphatic carbocycles. The SMILES string of the molecule is Cc1ccc(-n2c(O)c(C=NCc3ccco3)c(=O)n(-c3ccc(C)cc3)c2=S)cc1. The monoisotopic (exact) mass is 431 g/mol. The molecule has 0 aliphatic rings. The van der Waals surface area contributed by atoms with Gasteiger partial charge in [-0.15, -0.1) is 0 Å². The maximum Gasteiger partial charge on any atom is 0.271 e. The fourth-order valence-corrected chi connectivity index (χ4v) is 3.58. The Morgan fingerprint density at radius 2 is 1.55 bits per heavy atom. The highest BCUT2D eigenvalue weighted by Crippen LogP contribution is 2.22. The van der Waals surface area contributed by atoms with Gasteiger partial charge in [-0.1, -0.05) is 35.4 Å². The number of hydrogen-bond acceptors (Lipinski definition) is 5. The number of furan rings is 1. The average molecular weight is 432 g/mol. The van der Waals surface area contributed by atoms with Crippen LogP contribution in [0.2, 0.25) is 0 Å². The molecule has 156 valence electrons. The lowest BCUT2D eigenvalue weighted by atomic mass is 10.2. The van der Waals surface area contributed by atoms with Crippen molar-refractivity contribution in [2.45, 2.75) is 20.4 Å². The van der Waals surface area contributed by atoms with Crippen LogP contribution in [-0.4, -0.2) is 20.5 Å². The maximum absolute atomic E-state index is 13.3. The summed E-state index contributed by atoms with van der Waals surface area (Å²) in [6, 6.07) is 18.6. The Bertz CT molecular complexity index is 1350. The summed E-state index contributed by atoms with van der Waals surface area (Å²) in [5.41, 5.74) is 2.99. The van der Waals surface area contributed by atoms with E-state index in [1.165, 1.54) is 15.3 Å². The Kier molecular flexibility index (Phi) is 5.68. The van der Waals surface area contributed by atoms with Crippen molar-refractivity contribution in [3.05, 3.63) is 105 Å². The van der Waals surface area contributed by atoms with Crippen LogP contribution in [0.4, 0.5) is 0 Å². The molecule has 0 radical (unpaired) electrons. The van der Waals surface area contributed by atoms with Gasteiger partial charge < -0.3 is 9.52 Å². The molecule has 31 heavy (non-hydrogen) atoms. The van der Waals surface area contributed by atoms with Crippen molar-refractivity contribution >= 4 is 18.4 Å². The first kappa shape index (κ1) is 20.6. The van der Waals surface area contributed by atoms with Crippen molar-refractivity contribution in [3.8, 4) is 17.3 Å². The average Bonchev–Trinajstić information content (AvgIpc) is 3.27. The van der Waals surface area contributed by atoms with Crippen LogP contribution in [0.15, 0.2) is 81.1 Å². The molecule has 2 heterocycles. The normalized spacial score (nSPS) is 11.3. The quantitative estimate of drug-likeness (QED) is 0.361. The van der Waals surface area contributed by atoms with Crippen molar-refractivity contribution in [2.75, 3.05) is 0 Å². The standard InChI is InChI=1S/C24H21N3O3S/c1-16-5-9-18(10-6-16)26-22(28)21(15-25-14-20-4-3-13-30-20)23(29)27(24(26)31)19-11-7-17(2)8-12-19/h3-13,15,28H,14H2,1-2H3. The number of nitrogens with zero attached hydrogens (tertiary/aromatic N) is 3. The second-order valence-electron chi connectivity index (χ2n) is 7.22. The van der Waals surface area contributed by atoms with Gasteiger partial charge >= 0.3 is 0 Å². The minimum Gasteiger partial charge on any atom is -0.494 e. The first-order valence-electron chi connectivity index (χ1n) is 9.73. The third-order valence-corrected chi connectivity index (χ3v) is 5.27. The van der Waals surface area contributed by atoms with Gasteiger partial charge in [0.15, 0.2) is 4.77 Å². The van der Waals surface area contributed by atoms with E-state index in [4.69, 9.17) is 16.6 Å². The number of hydrogen-bond donors (Lipinski definition) is 1. The second-order valence-corrected chi connectivity index (χ2v) is 7.58. The molecule has 1 N–H and O–H groups in total. The van der Waals surface area contributed by atoms with E-state index in [0.717, 1.165) is 11.1 Å². The summed E-state index contributed by atoms with van der Waals surface area (Å²) in [4.78, 5) is 17.6. The van der Waals surface area contributed by atoms with E-state index >= 15 is 0 Å². The van der Waals surface area contributed by atoms with Gasteiger partial charge in [0, 0.05) is 6.21 Å². The molecule has 0 unspecified atom stereocenters. The fraction of sp³-hybridized carbons (Fsp3) is 0.125. The van der Waals surface area contributed by atoms with Gasteiger partial charge in [-0.3, -0.25) is 18.9 Å². The first-order chi connectivity index (χ1) is 15.0. The number of benzene rings is 2. The molecule has 0 aliphatic heterocycles. The topological polar surface area (TPSA) is 72.7 Å². The highest BCUT2D eigenvalue weighted by Gasteiger charge is 2.18. The molecule has 0 saturated heterocycles. The van der Waals surface area contributed by atoms with Crippen LogP contribution in [0.1, 0.15) is 22.5 Å². The minimum atomic E-state index is -0.446. The molecular formula is C24H21N3O3S. The molecular weight excluding hydrogens is 410 g/mol. The smallest absolute Gasteiger partial charge is 0.271 e. The van der Waals surface area contributed by atoms with Crippen molar-refractivity contribution < 1.29 is 9.52 Å². The summed E-state index contributed by atoms with van der Waals surface area (Å²) < 4.78 is 8.33. The molecule has 4 aromatic rings. The Labute approximate surface area is 184 Å². The lowest BCUT2D eigenvalue weighted by molar-refractivity contribution is 0.430. The van der Waals surface area contributed by atoms with Crippen molar-refractivity contribution in [2.24, 2.45) is 4.99 Å². The summed E-state index contributed by atoms with van der Waals surface area (Å²) >= 11 is 5.64. The lowest BCUT2D eigenvalue weighted by Gasteiger charge is -2.16. The van der Waals surface area contributed by atoms with Crippen LogP contribution in [0.5, 0.6) is 5.88 Å². The van der Waals surface area contributed by atoms with E-state index in [0.29, 0.717) is 17.1 Å². The Hall–Kier alpha value is -3.71. The highest BCUT2D eigenvalue weighted by molar-refractivity contribution is 7.71. The zero-order valence-corrected chi connectivity index (χ0v) is 18.0. The van der Waals surface area contributed by atoms with Crippen LogP contribution in [0.3, 0.4) is 0 Å². The predicted octanol–water partition coefficient (Wildman–Crippen LogP) is 4.89. The summed E-state index contributed by atoms with van der Waals surface area (Å²) in [5, 5.41) is 11.0. The van der Waals surface area contributed by atoms with Gasteiger partial charge in [-0.05, 0) is 62.5 Å². The molecule has 0 spiro atoms. The van der Waals surface area contributed by atoms with Gasteiger partial charge in [0.1, 0.15) is 11.3 Å². The maximum atomic E-state index is 13.3. The van der Waals surface area contributed by atoms with Crippen LogP contribution in [-0.2, 0) is 6.54 Å². The highest BCUT2D eigenvalue weighted by atomic mass is 32.1. The largest absolute Gasteiger partial charge is 0.494 e. The molecule has 2 aromatic heterocycles. The van der Waals surface area contributed by atoms with Crippen molar-refractivity contribution in [1.29, 1.82) is 0 Å². The molecule has 7 heteroatoms. The van der Waals surface area contributed by atoms with Crippen LogP contribution < -0.4 is 5.56 Å². The number of rotatable bonds is 5. The van der Waals surface area contributed by atoms with Crippen LogP contribution in [0.25, 0.3) is 11.4 Å². The number of aromatic hydroxyl groups is 1. The summed E-state index contributed by atoms with van der Waals surface area (Å²) in [6.45, 7) is 4.19. The third kappa shape index (κ3) is 4.13. The zero-order chi connectivity index (χ0) is 22.0. The van der Waals surface area contributed by atoms with E-state index < -0.39 is 5.56 Å². The first-order valence-corrected chi connectivity index (χ1v) is 10.1. The van der Waals surface area contributed by atoms with E-state index in [2.05, 4.69) is 4.99 Å². The number of aryl methyl sites for hydroxylation is 2. The molecule has 0 amide bonds. The van der Waals surface area contributed by atoms with Gasteiger partial charge in [0.2, 0.25) is 5.88 Å². The number of aliphatic imine (C=N–C) groups is 1. The van der Waals surface area contributed by atoms with Gasteiger partial charge in [0.25, 0.3) is 5.56 Å². The van der Waals surface area contributed by atoms with E-state index in [1.807, 2.05) is 62.4 Å². The van der Waals surface area contributed by atoms with Gasteiger partial charge in [-0.2, -0.15) is 0 Å². The zero-order valence-electron chi connectivity index (χ0n) is 17.1. The molecule has 6 nitrogen and oxygen atoms in total. The Morgan fingerprint density at radius 1 is 0.968 bits per heavy atom. The molecule has 4 rings (SSSR count). The van der Waals surface area contributed by atoms with Crippen molar-refractivity contribution in [1.82, 2.24) is 9.13 Å². The Balaban J connectivity index is 1.94. The second kappa shape index (κ2) is 8.57. The number of aromatic nitrogens is 2. The van der Waals surface area contributed by atoms with Crippen molar-refractivity contribution in [3.63, 3.8) is 0 Å². The minimum absolute atomic E-state index is 0.0429. The summed E-state index contributed by atoms with van der Waals surface area (Å²) in [6.07, 6.45) is 2.92. The van der Waals surface area contributed by atoms with E-state index in [9.17, 15) is 9.90 Å². The summed E-state index contributed by atoms with van der Waals surface area (Å²) in [5.74, 6) is 0.395. The third-order valence-electron chi connectivity index (χ3n) is 4.90.